The van der Waals surface area contributed by atoms with Gasteiger partial charge in [-0.2, -0.15) is 0 Å². The molecule has 0 aliphatic rings. The van der Waals surface area contributed by atoms with Crippen LogP contribution in [0, 0.1) is 0 Å². The molecular formula is C22H39O2STi. The number of hydrogen-bond donors (Lipinski definition) is 0. The second-order valence-electron chi connectivity index (χ2n) is 7.72. The number of unbranched alkanes of at least 4 members (excludes halogenated alkanes) is 10. The van der Waals surface area contributed by atoms with E-state index < -0.39 is 24.0 Å². The van der Waals surface area contributed by atoms with Crippen molar-refractivity contribution in [3.05, 3.63) is 30.3 Å². The van der Waals surface area contributed by atoms with Crippen LogP contribution in [-0.4, -0.2) is 8.42 Å². The molecule has 0 aliphatic carbocycles. The third-order valence-electron chi connectivity index (χ3n) is 5.07. The first kappa shape index (κ1) is 23.9. The van der Waals surface area contributed by atoms with Crippen molar-refractivity contribution >= 4 is 7.42 Å². The van der Waals surface area contributed by atoms with E-state index in [1.807, 2.05) is 18.2 Å². The minimum absolute atomic E-state index is 0.323. The maximum absolute atomic E-state index is 13.0. The van der Waals surface area contributed by atoms with E-state index in [1.165, 1.54) is 64.2 Å². The van der Waals surface area contributed by atoms with Crippen LogP contribution in [0.25, 0.3) is 0 Å². The Morgan fingerprint density at radius 1 is 0.769 bits per heavy atom. The zero-order valence-corrected chi connectivity index (χ0v) is 19.6. The van der Waals surface area contributed by atoms with Gasteiger partial charge in [-0.05, 0) is 0 Å². The Morgan fingerprint density at radius 2 is 1.23 bits per heavy atom. The number of rotatable bonds is 15. The summed E-state index contributed by atoms with van der Waals surface area (Å²) in [5.74, 6) is 0. The normalized spacial score (nSPS) is 11.8. The molecule has 1 aromatic carbocycles. The van der Waals surface area contributed by atoms with E-state index in [1.54, 1.807) is 12.1 Å². The Bertz CT molecular complexity index is 555. The molecule has 0 spiro atoms. The Balaban J connectivity index is 2.25. The maximum atomic E-state index is 13.0. The standard InChI is InChI=1S/C13H27.C6H5O2S.C3H7.Ti/c1-3-5-7-9-11-13-12-10-8-6-4-2;7-9(8)6-4-2-1-3-5-6;1-3-2;/h1,3-13H2,2H3;1-5H;3H,1-2H3;. The molecule has 0 bridgehead atoms. The van der Waals surface area contributed by atoms with Crippen molar-refractivity contribution in [1.82, 2.24) is 0 Å². The first-order chi connectivity index (χ1) is 12.5. The summed E-state index contributed by atoms with van der Waals surface area (Å²) in [5, 5.41) is 0. The summed E-state index contributed by atoms with van der Waals surface area (Å²) in [7, 11) is -3.05. The van der Waals surface area contributed by atoms with E-state index in [4.69, 9.17) is 0 Å². The van der Waals surface area contributed by atoms with Crippen LogP contribution in [0.4, 0.5) is 0 Å². The minimum atomic E-state index is -3.05. The van der Waals surface area contributed by atoms with Crippen LogP contribution in [0.1, 0.15) is 91.4 Å². The van der Waals surface area contributed by atoms with E-state index in [0.29, 0.717) is 9.12 Å². The Hall–Kier alpha value is -0.116. The Kier molecular flexibility index (Phi) is 12.8. The van der Waals surface area contributed by atoms with Crippen molar-refractivity contribution in [1.29, 1.82) is 0 Å². The SMILES string of the molecule is CCCCCCCCCCCC[CH2][Ti]([CH](C)C)[S](=O)(=O)c1ccccc1. The second-order valence-corrected chi connectivity index (χ2v) is 17.9. The van der Waals surface area contributed by atoms with Crippen LogP contribution in [0.2, 0.25) is 8.95 Å². The van der Waals surface area contributed by atoms with Crippen molar-refractivity contribution in [2.75, 3.05) is 0 Å². The van der Waals surface area contributed by atoms with Gasteiger partial charge in [0, 0.05) is 0 Å². The van der Waals surface area contributed by atoms with Gasteiger partial charge >= 0.3 is 161 Å². The average molecular weight is 415 g/mol. The van der Waals surface area contributed by atoms with Gasteiger partial charge < -0.3 is 0 Å². The quantitative estimate of drug-likeness (QED) is 0.219. The van der Waals surface area contributed by atoms with Gasteiger partial charge in [0.25, 0.3) is 0 Å². The molecule has 1 rings (SSSR count). The average Bonchev–Trinajstić information content (AvgIpc) is 2.63. The molecule has 0 N–H and O–H groups in total. The molecule has 4 heteroatoms. The molecule has 0 aliphatic heterocycles. The molecule has 0 aromatic heterocycles. The third kappa shape index (κ3) is 9.19. The molecule has 0 unspecified atom stereocenters. The molecule has 0 radical (unpaired) electrons. The molecule has 0 saturated carbocycles. The molecule has 1 aromatic rings. The van der Waals surface area contributed by atoms with Gasteiger partial charge in [0.05, 0.1) is 0 Å². The fourth-order valence-corrected chi connectivity index (χ4v) is 13.8. The van der Waals surface area contributed by atoms with Crippen LogP contribution in [0.3, 0.4) is 0 Å². The van der Waals surface area contributed by atoms with Gasteiger partial charge in [0.2, 0.25) is 0 Å². The summed E-state index contributed by atoms with van der Waals surface area (Å²) >= 11 is -2.17. The summed E-state index contributed by atoms with van der Waals surface area (Å²) in [6.07, 6.45) is 14.5. The van der Waals surface area contributed by atoms with Gasteiger partial charge in [0.1, 0.15) is 0 Å². The molecule has 2 nitrogen and oxygen atoms in total. The van der Waals surface area contributed by atoms with Gasteiger partial charge in [-0.1, -0.05) is 6.92 Å². The summed E-state index contributed by atoms with van der Waals surface area (Å²) in [5.41, 5.74) is 0. The molecule has 149 valence electrons. The third-order valence-corrected chi connectivity index (χ3v) is 17.1. The topological polar surface area (TPSA) is 34.1 Å². The molecule has 26 heavy (non-hydrogen) atoms. The van der Waals surface area contributed by atoms with Crippen molar-refractivity contribution in [3.8, 4) is 0 Å². The summed E-state index contributed by atoms with van der Waals surface area (Å²) in [6.45, 7) is 6.47. The Labute approximate surface area is 167 Å². The van der Waals surface area contributed by atoms with Gasteiger partial charge in [-0.25, -0.2) is 0 Å². The zero-order valence-electron chi connectivity index (χ0n) is 17.2. The first-order valence-electron chi connectivity index (χ1n) is 10.7. The van der Waals surface area contributed by atoms with Gasteiger partial charge in [-0.15, -0.1) is 0 Å². The van der Waals surface area contributed by atoms with Gasteiger partial charge in [-0.3, -0.25) is 0 Å². The van der Waals surface area contributed by atoms with Crippen LogP contribution >= 0.6 is 0 Å². The second kappa shape index (κ2) is 14.0. The van der Waals surface area contributed by atoms with E-state index in [9.17, 15) is 8.42 Å². The summed E-state index contributed by atoms with van der Waals surface area (Å²) in [6, 6.07) is 9.10. The fourth-order valence-electron chi connectivity index (χ4n) is 3.45. The molecule has 0 saturated heterocycles. The molecular weight excluding hydrogens is 376 g/mol. The van der Waals surface area contributed by atoms with Crippen LogP contribution in [0.15, 0.2) is 35.2 Å². The monoisotopic (exact) mass is 415 g/mol. The van der Waals surface area contributed by atoms with E-state index >= 15 is 0 Å². The zero-order chi connectivity index (χ0) is 19.3. The first-order valence-corrected chi connectivity index (χ1v) is 16.1. The van der Waals surface area contributed by atoms with Crippen LogP contribution in [-0.2, 0) is 24.0 Å². The van der Waals surface area contributed by atoms with Crippen molar-refractivity contribution in [2.24, 2.45) is 0 Å². The molecule has 0 fully saturated rings. The van der Waals surface area contributed by atoms with E-state index in [-0.39, 0.29) is 0 Å². The molecule has 0 amide bonds. The summed E-state index contributed by atoms with van der Waals surface area (Å²) in [4.78, 5) is 0.548. The molecule has 0 atom stereocenters. The number of benzene rings is 1. The van der Waals surface area contributed by atoms with Gasteiger partial charge in [0.15, 0.2) is 0 Å². The Morgan fingerprint density at radius 3 is 1.69 bits per heavy atom. The predicted molar refractivity (Wildman–Crippen MR) is 110 cm³/mol. The molecule has 0 heterocycles. The van der Waals surface area contributed by atoms with Crippen molar-refractivity contribution < 1.29 is 25.0 Å². The fraction of sp³-hybridized carbons (Fsp3) is 0.727. The van der Waals surface area contributed by atoms with E-state index in [0.717, 1.165) is 11.1 Å². The number of hydrogen-bond acceptors (Lipinski definition) is 2. The van der Waals surface area contributed by atoms with Crippen molar-refractivity contribution in [3.63, 3.8) is 0 Å². The van der Waals surface area contributed by atoms with Crippen LogP contribution in [0.5, 0.6) is 0 Å². The van der Waals surface area contributed by atoms with Crippen LogP contribution < -0.4 is 0 Å². The van der Waals surface area contributed by atoms with E-state index in [2.05, 4.69) is 20.8 Å². The summed E-state index contributed by atoms with van der Waals surface area (Å²) < 4.78 is 27.2. The van der Waals surface area contributed by atoms with Crippen molar-refractivity contribution in [2.45, 2.75) is 105 Å². The predicted octanol–water partition coefficient (Wildman–Crippen LogP) is 7.55.